The van der Waals surface area contributed by atoms with Crippen LogP contribution in [0.1, 0.15) is 18.9 Å². The van der Waals surface area contributed by atoms with Gasteiger partial charge in [-0.25, -0.2) is 8.42 Å². The number of aromatic nitrogens is 2. The Labute approximate surface area is 104 Å². The van der Waals surface area contributed by atoms with E-state index in [1.54, 1.807) is 12.1 Å². The Balaban J connectivity index is 2.45. The SMILES string of the molecule is CC(O)c1noc(-c2cccc(S(C)(=O)=O)c2)n1. The number of sulfone groups is 1. The molecule has 0 bridgehead atoms. The summed E-state index contributed by atoms with van der Waals surface area (Å²) in [6, 6.07) is 6.20. The zero-order chi connectivity index (χ0) is 13.3. The fraction of sp³-hybridized carbons (Fsp3) is 0.273. The number of benzene rings is 1. The van der Waals surface area contributed by atoms with Crippen LogP contribution in [0.4, 0.5) is 0 Å². The summed E-state index contributed by atoms with van der Waals surface area (Å²) in [7, 11) is -3.28. The maximum Gasteiger partial charge on any atom is 0.258 e. The summed E-state index contributed by atoms with van der Waals surface area (Å²) < 4.78 is 27.8. The third kappa shape index (κ3) is 2.57. The average molecular weight is 268 g/mol. The van der Waals surface area contributed by atoms with Crippen LogP contribution in [0, 0.1) is 0 Å². The Morgan fingerprint density at radius 2 is 2.11 bits per heavy atom. The van der Waals surface area contributed by atoms with Crippen molar-refractivity contribution >= 4 is 9.84 Å². The predicted octanol–water partition coefficient (Wildman–Crippen LogP) is 1.19. The number of aliphatic hydroxyl groups is 1. The Bertz CT molecular complexity index is 661. The Morgan fingerprint density at radius 1 is 1.39 bits per heavy atom. The van der Waals surface area contributed by atoms with Crippen molar-refractivity contribution in [1.29, 1.82) is 0 Å². The van der Waals surface area contributed by atoms with Crippen LogP contribution in [-0.4, -0.2) is 29.9 Å². The van der Waals surface area contributed by atoms with Gasteiger partial charge in [0.05, 0.1) is 4.90 Å². The monoisotopic (exact) mass is 268 g/mol. The Morgan fingerprint density at radius 3 is 2.67 bits per heavy atom. The van der Waals surface area contributed by atoms with Gasteiger partial charge in [-0.1, -0.05) is 11.2 Å². The molecule has 2 rings (SSSR count). The summed E-state index contributed by atoms with van der Waals surface area (Å²) in [5.74, 6) is 0.339. The van der Waals surface area contributed by atoms with Crippen LogP contribution >= 0.6 is 0 Å². The van der Waals surface area contributed by atoms with Gasteiger partial charge in [-0.2, -0.15) is 4.98 Å². The van der Waals surface area contributed by atoms with Crippen LogP contribution in [0.15, 0.2) is 33.7 Å². The van der Waals surface area contributed by atoms with Gasteiger partial charge >= 0.3 is 0 Å². The van der Waals surface area contributed by atoms with Crippen LogP contribution in [-0.2, 0) is 9.84 Å². The van der Waals surface area contributed by atoms with E-state index in [-0.39, 0.29) is 16.6 Å². The minimum Gasteiger partial charge on any atom is -0.385 e. The van der Waals surface area contributed by atoms with Crippen molar-refractivity contribution in [3.05, 3.63) is 30.1 Å². The summed E-state index contributed by atoms with van der Waals surface area (Å²) in [5, 5.41) is 12.9. The molecule has 0 spiro atoms. The quantitative estimate of drug-likeness (QED) is 0.898. The van der Waals surface area contributed by atoms with E-state index in [2.05, 4.69) is 10.1 Å². The highest BCUT2D eigenvalue weighted by atomic mass is 32.2. The molecule has 0 saturated carbocycles. The fourth-order valence-electron chi connectivity index (χ4n) is 1.38. The van der Waals surface area contributed by atoms with Crippen LogP contribution in [0.25, 0.3) is 11.5 Å². The fourth-order valence-corrected chi connectivity index (χ4v) is 2.05. The predicted molar refractivity (Wildman–Crippen MR) is 63.5 cm³/mol. The molecule has 0 aliphatic heterocycles. The summed E-state index contributed by atoms with van der Waals surface area (Å²) in [5.41, 5.74) is 0.498. The molecule has 0 saturated heterocycles. The molecule has 1 N–H and O–H groups in total. The first-order valence-electron chi connectivity index (χ1n) is 5.20. The van der Waals surface area contributed by atoms with E-state index < -0.39 is 15.9 Å². The first kappa shape index (κ1) is 12.7. The van der Waals surface area contributed by atoms with Gasteiger partial charge in [0, 0.05) is 11.8 Å². The second-order valence-corrected chi connectivity index (χ2v) is 5.95. The molecule has 1 heterocycles. The normalized spacial score (nSPS) is 13.5. The molecule has 0 amide bonds. The van der Waals surface area contributed by atoms with Crippen LogP contribution < -0.4 is 0 Å². The van der Waals surface area contributed by atoms with Crippen molar-refractivity contribution in [2.24, 2.45) is 0 Å². The van der Waals surface area contributed by atoms with Gasteiger partial charge in [-0.05, 0) is 25.1 Å². The van der Waals surface area contributed by atoms with E-state index in [0.29, 0.717) is 5.56 Å². The second kappa shape index (κ2) is 4.51. The molecule has 18 heavy (non-hydrogen) atoms. The van der Waals surface area contributed by atoms with Gasteiger partial charge in [0.15, 0.2) is 15.7 Å². The van der Waals surface area contributed by atoms with Crippen LogP contribution in [0.5, 0.6) is 0 Å². The maximum absolute atomic E-state index is 11.4. The Kier molecular flexibility index (Phi) is 3.18. The van der Waals surface area contributed by atoms with E-state index in [4.69, 9.17) is 4.52 Å². The molecule has 1 aromatic heterocycles. The molecular weight excluding hydrogens is 256 g/mol. The zero-order valence-electron chi connectivity index (χ0n) is 9.86. The van der Waals surface area contributed by atoms with Crippen molar-refractivity contribution in [2.45, 2.75) is 17.9 Å². The highest BCUT2D eigenvalue weighted by molar-refractivity contribution is 7.90. The summed E-state index contributed by atoms with van der Waals surface area (Å²) in [4.78, 5) is 4.16. The standard InChI is InChI=1S/C11H12N2O4S/c1-7(14)10-12-11(17-13-10)8-4-3-5-9(6-8)18(2,15)16/h3-7,14H,1-2H3. The smallest absolute Gasteiger partial charge is 0.258 e. The molecule has 1 atom stereocenters. The molecule has 96 valence electrons. The van der Waals surface area contributed by atoms with E-state index in [1.165, 1.54) is 19.1 Å². The molecular formula is C11H12N2O4S. The number of hydrogen-bond donors (Lipinski definition) is 1. The second-order valence-electron chi connectivity index (χ2n) is 3.93. The molecule has 0 radical (unpaired) electrons. The van der Waals surface area contributed by atoms with Gasteiger partial charge < -0.3 is 9.63 Å². The lowest BCUT2D eigenvalue weighted by molar-refractivity contribution is 0.184. The minimum atomic E-state index is -3.28. The highest BCUT2D eigenvalue weighted by Crippen LogP contribution is 2.22. The van der Waals surface area contributed by atoms with Gasteiger partial charge in [0.1, 0.15) is 6.10 Å². The summed E-state index contributed by atoms with van der Waals surface area (Å²) in [6.07, 6.45) is 0.293. The largest absolute Gasteiger partial charge is 0.385 e. The van der Waals surface area contributed by atoms with Crippen molar-refractivity contribution in [1.82, 2.24) is 10.1 Å². The van der Waals surface area contributed by atoms with Crippen LogP contribution in [0.3, 0.4) is 0 Å². The first-order chi connectivity index (χ1) is 8.38. The Hall–Kier alpha value is -1.73. The average Bonchev–Trinajstić information content (AvgIpc) is 2.77. The van der Waals surface area contributed by atoms with Crippen molar-refractivity contribution in [2.75, 3.05) is 6.26 Å². The number of hydrogen-bond acceptors (Lipinski definition) is 6. The third-order valence-electron chi connectivity index (χ3n) is 2.32. The van der Waals surface area contributed by atoms with Gasteiger partial charge in [-0.3, -0.25) is 0 Å². The lowest BCUT2D eigenvalue weighted by Crippen LogP contribution is -1.97. The maximum atomic E-state index is 11.4. The molecule has 2 aromatic rings. The van der Waals surface area contributed by atoms with Crippen molar-refractivity contribution < 1.29 is 18.0 Å². The molecule has 0 aliphatic carbocycles. The molecule has 7 heteroatoms. The van der Waals surface area contributed by atoms with E-state index in [0.717, 1.165) is 6.26 Å². The van der Waals surface area contributed by atoms with Gasteiger partial charge in [-0.15, -0.1) is 0 Å². The van der Waals surface area contributed by atoms with E-state index >= 15 is 0 Å². The van der Waals surface area contributed by atoms with E-state index in [9.17, 15) is 13.5 Å². The summed E-state index contributed by atoms with van der Waals surface area (Å²) in [6.45, 7) is 1.52. The number of aliphatic hydroxyl groups excluding tert-OH is 1. The highest BCUT2D eigenvalue weighted by Gasteiger charge is 2.14. The number of rotatable bonds is 3. The molecule has 0 fully saturated rings. The number of nitrogens with zero attached hydrogens (tertiary/aromatic N) is 2. The van der Waals surface area contributed by atoms with Crippen molar-refractivity contribution in [3.63, 3.8) is 0 Å². The van der Waals surface area contributed by atoms with Gasteiger partial charge in [0.2, 0.25) is 0 Å². The molecule has 6 nitrogen and oxygen atoms in total. The lowest BCUT2D eigenvalue weighted by atomic mass is 10.2. The van der Waals surface area contributed by atoms with Crippen LogP contribution in [0.2, 0.25) is 0 Å². The van der Waals surface area contributed by atoms with E-state index in [1.807, 2.05) is 0 Å². The molecule has 1 unspecified atom stereocenters. The topological polar surface area (TPSA) is 93.3 Å². The summed E-state index contributed by atoms with van der Waals surface area (Å²) >= 11 is 0. The first-order valence-corrected chi connectivity index (χ1v) is 7.09. The minimum absolute atomic E-state index is 0.162. The van der Waals surface area contributed by atoms with Gasteiger partial charge in [0.25, 0.3) is 5.89 Å². The third-order valence-corrected chi connectivity index (χ3v) is 3.43. The zero-order valence-corrected chi connectivity index (χ0v) is 10.7. The molecule has 1 aromatic carbocycles. The lowest BCUT2D eigenvalue weighted by Gasteiger charge is -1.99. The molecule has 0 aliphatic rings. The van der Waals surface area contributed by atoms with Crippen molar-refractivity contribution in [3.8, 4) is 11.5 Å².